The van der Waals surface area contributed by atoms with Crippen LogP contribution in [0.1, 0.15) is 31.7 Å². The lowest BCUT2D eigenvalue weighted by molar-refractivity contribution is -0.126. The Bertz CT molecular complexity index is 1070. The predicted octanol–water partition coefficient (Wildman–Crippen LogP) is 3.59. The van der Waals surface area contributed by atoms with Crippen molar-refractivity contribution in [1.82, 2.24) is 10.3 Å². The second-order valence-electron chi connectivity index (χ2n) is 7.82. The lowest BCUT2D eigenvalue weighted by Crippen LogP contribution is -2.32. The minimum atomic E-state index is -0.379. The quantitative estimate of drug-likeness (QED) is 0.675. The first-order valence-electron chi connectivity index (χ1n) is 10.1. The lowest BCUT2D eigenvalue weighted by Gasteiger charge is -2.16. The third-order valence-electron chi connectivity index (χ3n) is 5.05. The molecule has 7 heteroatoms. The molecule has 0 aliphatic carbocycles. The molecule has 0 bridgehead atoms. The van der Waals surface area contributed by atoms with E-state index in [4.69, 9.17) is 9.15 Å². The van der Waals surface area contributed by atoms with Gasteiger partial charge in [0.05, 0.1) is 12.0 Å². The monoisotopic (exact) mass is 407 g/mol. The Balaban J connectivity index is 1.36. The van der Waals surface area contributed by atoms with Crippen LogP contribution in [-0.4, -0.2) is 29.4 Å². The number of carbonyl (C=O) groups excluding carboxylic acids is 2. The Kier molecular flexibility index (Phi) is 5.44. The van der Waals surface area contributed by atoms with Gasteiger partial charge in [-0.1, -0.05) is 12.1 Å². The number of amides is 2. The van der Waals surface area contributed by atoms with Gasteiger partial charge in [0.2, 0.25) is 11.8 Å². The number of carbonyl (C=O) groups is 2. The first-order valence-corrected chi connectivity index (χ1v) is 10.1. The van der Waals surface area contributed by atoms with Gasteiger partial charge in [-0.15, -0.1) is 0 Å². The number of oxazole rings is 1. The number of hydrogen-bond acceptors (Lipinski definition) is 5. The van der Waals surface area contributed by atoms with Gasteiger partial charge in [0.1, 0.15) is 11.3 Å². The highest BCUT2D eigenvalue weighted by atomic mass is 16.5. The number of aryl methyl sites for hydroxylation is 1. The molecule has 1 N–H and O–H groups in total. The summed E-state index contributed by atoms with van der Waals surface area (Å²) in [5.41, 5.74) is 3.10. The van der Waals surface area contributed by atoms with Gasteiger partial charge in [-0.25, -0.2) is 4.98 Å². The molecule has 1 aromatic heterocycles. The van der Waals surface area contributed by atoms with E-state index in [1.807, 2.05) is 50.2 Å². The highest BCUT2D eigenvalue weighted by molar-refractivity contribution is 6.01. The highest BCUT2D eigenvalue weighted by Crippen LogP contribution is 2.28. The molecule has 1 atom stereocenters. The first kappa shape index (κ1) is 19.9. The van der Waals surface area contributed by atoms with Crippen LogP contribution in [0.15, 0.2) is 46.9 Å². The summed E-state index contributed by atoms with van der Waals surface area (Å²) in [5.74, 6) is 0.819. The Labute approximate surface area is 175 Å². The SMILES string of the molecule is Cc1nc2cc(N3C[C@@H](C(=O)NCc4ccc(OC(C)C)cc4)CC3=O)ccc2o1. The van der Waals surface area contributed by atoms with Gasteiger partial charge < -0.3 is 19.4 Å². The van der Waals surface area contributed by atoms with E-state index in [9.17, 15) is 9.59 Å². The fourth-order valence-electron chi connectivity index (χ4n) is 3.62. The van der Waals surface area contributed by atoms with Gasteiger partial charge >= 0.3 is 0 Å². The second-order valence-corrected chi connectivity index (χ2v) is 7.82. The summed E-state index contributed by atoms with van der Waals surface area (Å²) in [6, 6.07) is 13.1. The Morgan fingerprint density at radius 1 is 1.27 bits per heavy atom. The molecular weight excluding hydrogens is 382 g/mol. The van der Waals surface area contributed by atoms with Crippen molar-refractivity contribution in [3.8, 4) is 5.75 Å². The van der Waals surface area contributed by atoms with Crippen molar-refractivity contribution < 1.29 is 18.7 Å². The summed E-state index contributed by atoms with van der Waals surface area (Å²) in [5, 5.41) is 2.94. The van der Waals surface area contributed by atoms with Crippen molar-refractivity contribution >= 4 is 28.6 Å². The van der Waals surface area contributed by atoms with E-state index in [0.29, 0.717) is 30.1 Å². The van der Waals surface area contributed by atoms with E-state index in [0.717, 1.165) is 17.0 Å². The minimum absolute atomic E-state index is 0.0649. The molecule has 0 spiro atoms. The average molecular weight is 407 g/mol. The second kappa shape index (κ2) is 8.18. The number of nitrogens with one attached hydrogen (secondary N) is 1. The summed E-state index contributed by atoms with van der Waals surface area (Å²) >= 11 is 0. The van der Waals surface area contributed by atoms with Crippen LogP contribution in [0.25, 0.3) is 11.1 Å². The van der Waals surface area contributed by atoms with Gasteiger partial charge in [0.15, 0.2) is 11.5 Å². The Morgan fingerprint density at radius 2 is 2.03 bits per heavy atom. The van der Waals surface area contributed by atoms with E-state index < -0.39 is 0 Å². The number of benzene rings is 2. The van der Waals surface area contributed by atoms with Crippen LogP contribution in [0.4, 0.5) is 5.69 Å². The molecule has 3 aromatic rings. The normalized spacial score (nSPS) is 16.5. The predicted molar refractivity (Wildman–Crippen MR) is 113 cm³/mol. The summed E-state index contributed by atoms with van der Waals surface area (Å²) in [4.78, 5) is 31.1. The van der Waals surface area contributed by atoms with E-state index in [1.165, 1.54) is 0 Å². The molecule has 156 valence electrons. The van der Waals surface area contributed by atoms with Gasteiger partial charge in [0.25, 0.3) is 0 Å². The van der Waals surface area contributed by atoms with Crippen LogP contribution in [0, 0.1) is 12.8 Å². The maximum atomic E-state index is 12.6. The zero-order valence-electron chi connectivity index (χ0n) is 17.3. The third-order valence-corrected chi connectivity index (χ3v) is 5.05. The molecule has 0 radical (unpaired) electrons. The molecule has 4 rings (SSSR count). The molecule has 2 aromatic carbocycles. The molecule has 1 aliphatic heterocycles. The van der Waals surface area contributed by atoms with Crippen molar-refractivity contribution in [2.75, 3.05) is 11.4 Å². The number of anilines is 1. The van der Waals surface area contributed by atoms with Gasteiger partial charge in [0, 0.05) is 32.1 Å². The van der Waals surface area contributed by atoms with Crippen LogP contribution in [0.5, 0.6) is 5.75 Å². The van der Waals surface area contributed by atoms with Crippen molar-refractivity contribution in [2.45, 2.75) is 39.8 Å². The minimum Gasteiger partial charge on any atom is -0.491 e. The largest absolute Gasteiger partial charge is 0.491 e. The molecule has 1 saturated heterocycles. The van der Waals surface area contributed by atoms with Crippen molar-refractivity contribution in [1.29, 1.82) is 0 Å². The fraction of sp³-hybridized carbons (Fsp3) is 0.348. The van der Waals surface area contributed by atoms with Gasteiger partial charge in [-0.2, -0.15) is 0 Å². The van der Waals surface area contributed by atoms with Gasteiger partial charge in [-0.05, 0) is 49.7 Å². The molecule has 1 aliphatic rings. The number of rotatable bonds is 6. The van der Waals surface area contributed by atoms with Crippen molar-refractivity contribution in [3.63, 3.8) is 0 Å². The molecule has 30 heavy (non-hydrogen) atoms. The molecule has 0 saturated carbocycles. The lowest BCUT2D eigenvalue weighted by atomic mass is 10.1. The topological polar surface area (TPSA) is 84.7 Å². The van der Waals surface area contributed by atoms with Crippen LogP contribution >= 0.6 is 0 Å². The van der Waals surface area contributed by atoms with Crippen LogP contribution in [0.2, 0.25) is 0 Å². The molecule has 7 nitrogen and oxygen atoms in total. The summed E-state index contributed by atoms with van der Waals surface area (Å²) in [6.45, 7) is 6.51. The van der Waals surface area contributed by atoms with Crippen LogP contribution in [-0.2, 0) is 16.1 Å². The Morgan fingerprint density at radius 3 is 2.77 bits per heavy atom. The highest BCUT2D eigenvalue weighted by Gasteiger charge is 2.35. The maximum Gasteiger partial charge on any atom is 0.227 e. The Hall–Kier alpha value is -3.35. The van der Waals surface area contributed by atoms with E-state index in [2.05, 4.69) is 10.3 Å². The van der Waals surface area contributed by atoms with Crippen LogP contribution < -0.4 is 15.0 Å². The first-order chi connectivity index (χ1) is 14.4. The smallest absolute Gasteiger partial charge is 0.227 e. The average Bonchev–Trinajstić information content (AvgIpc) is 3.27. The number of aromatic nitrogens is 1. The number of hydrogen-bond donors (Lipinski definition) is 1. The molecule has 2 heterocycles. The molecular formula is C23H25N3O4. The zero-order valence-corrected chi connectivity index (χ0v) is 17.3. The summed E-state index contributed by atoms with van der Waals surface area (Å²) in [7, 11) is 0. The number of fused-ring (bicyclic) bond motifs is 1. The molecule has 2 amide bonds. The zero-order chi connectivity index (χ0) is 21.3. The van der Waals surface area contributed by atoms with E-state index in [1.54, 1.807) is 17.9 Å². The van der Waals surface area contributed by atoms with Gasteiger partial charge in [-0.3, -0.25) is 9.59 Å². The maximum absolute atomic E-state index is 12.6. The number of nitrogens with zero attached hydrogens (tertiary/aromatic N) is 2. The fourth-order valence-corrected chi connectivity index (χ4v) is 3.62. The van der Waals surface area contributed by atoms with Crippen molar-refractivity contribution in [2.24, 2.45) is 5.92 Å². The van der Waals surface area contributed by atoms with E-state index >= 15 is 0 Å². The number of ether oxygens (including phenoxy) is 1. The van der Waals surface area contributed by atoms with Crippen LogP contribution in [0.3, 0.4) is 0 Å². The van der Waals surface area contributed by atoms with E-state index in [-0.39, 0.29) is 30.3 Å². The molecule has 1 fully saturated rings. The third kappa shape index (κ3) is 4.30. The summed E-state index contributed by atoms with van der Waals surface area (Å²) in [6.07, 6.45) is 0.315. The molecule has 0 unspecified atom stereocenters. The van der Waals surface area contributed by atoms with Crippen molar-refractivity contribution in [3.05, 3.63) is 53.9 Å². The summed E-state index contributed by atoms with van der Waals surface area (Å²) < 4.78 is 11.1. The standard InChI is InChI=1S/C23H25N3O4/c1-14(2)29-19-7-4-16(5-8-19)12-24-23(28)17-10-22(27)26(13-17)18-6-9-21-20(11-18)25-15(3)30-21/h4-9,11,14,17H,10,12-13H2,1-3H3,(H,24,28)/t17-/m0/s1.